The molecule has 118 valence electrons. The minimum absolute atomic E-state index is 0.0132. The molecule has 1 unspecified atom stereocenters. The highest BCUT2D eigenvalue weighted by atomic mass is 32.1. The number of carboxylic acids is 1. The van der Waals surface area contributed by atoms with E-state index in [1.165, 1.54) is 4.88 Å². The Hall–Kier alpha value is -1.56. The molecule has 0 aliphatic rings. The van der Waals surface area contributed by atoms with E-state index in [9.17, 15) is 9.59 Å². The highest BCUT2D eigenvalue weighted by molar-refractivity contribution is 7.12. The standard InChI is InChI=1S/C15H24N2O3S/c1-11-8-9-13(21-11)12(2)17-15(20)16-10-6-4-3-5-7-14(18)19/h8-9,12H,3-7,10H2,1-2H3,(H,18,19)(H2,16,17,20). The Morgan fingerprint density at radius 3 is 2.57 bits per heavy atom. The minimum Gasteiger partial charge on any atom is -0.481 e. The van der Waals surface area contributed by atoms with Crippen molar-refractivity contribution in [2.45, 2.75) is 52.0 Å². The zero-order valence-corrected chi connectivity index (χ0v) is 13.5. The van der Waals surface area contributed by atoms with Crippen molar-refractivity contribution < 1.29 is 14.7 Å². The minimum atomic E-state index is -0.745. The highest BCUT2D eigenvalue weighted by Gasteiger charge is 2.10. The van der Waals surface area contributed by atoms with Gasteiger partial charge in [-0.15, -0.1) is 11.3 Å². The van der Waals surface area contributed by atoms with Crippen LogP contribution in [0.3, 0.4) is 0 Å². The Kier molecular flexibility index (Phi) is 7.82. The van der Waals surface area contributed by atoms with Gasteiger partial charge < -0.3 is 15.7 Å². The topological polar surface area (TPSA) is 78.4 Å². The normalized spacial score (nSPS) is 11.9. The predicted molar refractivity (Wildman–Crippen MR) is 84.7 cm³/mol. The molecule has 0 saturated heterocycles. The zero-order valence-electron chi connectivity index (χ0n) is 12.6. The lowest BCUT2D eigenvalue weighted by Crippen LogP contribution is -2.37. The summed E-state index contributed by atoms with van der Waals surface area (Å²) in [5.74, 6) is -0.745. The first-order valence-corrected chi connectivity index (χ1v) is 8.13. The van der Waals surface area contributed by atoms with Crippen molar-refractivity contribution in [3.8, 4) is 0 Å². The van der Waals surface area contributed by atoms with Gasteiger partial charge in [0.05, 0.1) is 6.04 Å². The molecule has 0 aromatic carbocycles. The molecule has 1 rings (SSSR count). The third kappa shape index (κ3) is 7.70. The average Bonchev–Trinajstić information content (AvgIpc) is 2.84. The maximum Gasteiger partial charge on any atom is 0.315 e. The molecule has 1 heterocycles. The number of nitrogens with one attached hydrogen (secondary N) is 2. The van der Waals surface area contributed by atoms with Gasteiger partial charge in [0.15, 0.2) is 0 Å². The molecule has 5 nitrogen and oxygen atoms in total. The first-order chi connectivity index (χ1) is 9.99. The Labute approximate surface area is 129 Å². The van der Waals surface area contributed by atoms with Crippen molar-refractivity contribution in [3.63, 3.8) is 0 Å². The quantitative estimate of drug-likeness (QED) is 0.611. The van der Waals surface area contributed by atoms with Crippen LogP contribution in [0.25, 0.3) is 0 Å². The molecular formula is C15H24N2O3S. The summed E-state index contributed by atoms with van der Waals surface area (Å²) < 4.78 is 0. The zero-order chi connectivity index (χ0) is 15.7. The molecule has 0 bridgehead atoms. The van der Waals surface area contributed by atoms with Crippen LogP contribution < -0.4 is 10.6 Å². The van der Waals surface area contributed by atoms with Crippen LogP contribution in [-0.2, 0) is 4.79 Å². The second-order valence-electron chi connectivity index (χ2n) is 5.13. The Morgan fingerprint density at radius 2 is 1.95 bits per heavy atom. The maximum absolute atomic E-state index is 11.7. The Balaban J connectivity index is 2.07. The molecule has 21 heavy (non-hydrogen) atoms. The van der Waals surface area contributed by atoms with Crippen molar-refractivity contribution >= 4 is 23.3 Å². The Bertz CT molecular complexity index is 460. The van der Waals surface area contributed by atoms with Gasteiger partial charge in [0, 0.05) is 22.7 Å². The second-order valence-corrected chi connectivity index (χ2v) is 6.45. The Morgan fingerprint density at radius 1 is 1.24 bits per heavy atom. The van der Waals surface area contributed by atoms with E-state index in [4.69, 9.17) is 5.11 Å². The number of carbonyl (C=O) groups is 2. The molecule has 3 N–H and O–H groups in total. The summed E-state index contributed by atoms with van der Waals surface area (Å²) in [6.45, 7) is 4.64. The van der Waals surface area contributed by atoms with E-state index in [1.807, 2.05) is 26.0 Å². The smallest absolute Gasteiger partial charge is 0.315 e. The van der Waals surface area contributed by atoms with Crippen molar-refractivity contribution in [2.24, 2.45) is 0 Å². The van der Waals surface area contributed by atoms with Crippen LogP contribution in [-0.4, -0.2) is 23.7 Å². The molecule has 0 fully saturated rings. The number of carboxylic acid groups (broad SMARTS) is 1. The largest absolute Gasteiger partial charge is 0.481 e. The van der Waals surface area contributed by atoms with E-state index < -0.39 is 5.97 Å². The molecule has 1 atom stereocenters. The van der Waals surface area contributed by atoms with Gasteiger partial charge in [-0.3, -0.25) is 4.79 Å². The first-order valence-electron chi connectivity index (χ1n) is 7.31. The van der Waals surface area contributed by atoms with Crippen molar-refractivity contribution in [1.82, 2.24) is 10.6 Å². The molecule has 0 spiro atoms. The number of hydrogen-bond donors (Lipinski definition) is 3. The lowest BCUT2D eigenvalue weighted by molar-refractivity contribution is -0.137. The number of carbonyl (C=O) groups excluding carboxylic acids is 1. The maximum atomic E-state index is 11.7. The van der Waals surface area contributed by atoms with Crippen LogP contribution in [0.1, 0.15) is 54.8 Å². The van der Waals surface area contributed by atoms with E-state index >= 15 is 0 Å². The van der Waals surface area contributed by atoms with Crippen LogP contribution in [0.5, 0.6) is 0 Å². The lowest BCUT2D eigenvalue weighted by atomic mass is 10.1. The van der Waals surface area contributed by atoms with Gasteiger partial charge >= 0.3 is 12.0 Å². The van der Waals surface area contributed by atoms with Gasteiger partial charge in [-0.05, 0) is 38.8 Å². The monoisotopic (exact) mass is 312 g/mol. The molecular weight excluding hydrogens is 288 g/mol. The summed E-state index contributed by atoms with van der Waals surface area (Å²) >= 11 is 1.69. The summed E-state index contributed by atoms with van der Waals surface area (Å²) in [4.78, 5) is 24.4. The number of urea groups is 1. The van der Waals surface area contributed by atoms with Gasteiger partial charge in [0.1, 0.15) is 0 Å². The van der Waals surface area contributed by atoms with Crippen molar-refractivity contribution in [2.75, 3.05) is 6.54 Å². The molecule has 0 aliphatic carbocycles. The fourth-order valence-electron chi connectivity index (χ4n) is 1.96. The molecule has 0 radical (unpaired) electrons. The number of hydrogen-bond acceptors (Lipinski definition) is 3. The van der Waals surface area contributed by atoms with Crippen LogP contribution in [0.4, 0.5) is 4.79 Å². The van der Waals surface area contributed by atoms with E-state index in [2.05, 4.69) is 10.6 Å². The van der Waals surface area contributed by atoms with Gasteiger partial charge in [-0.25, -0.2) is 4.79 Å². The average molecular weight is 312 g/mol. The fraction of sp³-hybridized carbons (Fsp3) is 0.600. The third-order valence-corrected chi connectivity index (χ3v) is 4.32. The van der Waals surface area contributed by atoms with Gasteiger partial charge in [-0.1, -0.05) is 12.8 Å². The molecule has 2 amide bonds. The van der Waals surface area contributed by atoms with Crippen LogP contribution in [0.2, 0.25) is 0 Å². The number of rotatable bonds is 9. The first kappa shape index (κ1) is 17.5. The summed E-state index contributed by atoms with van der Waals surface area (Å²) in [6, 6.07) is 3.94. The summed E-state index contributed by atoms with van der Waals surface area (Å²) in [6.07, 6.45) is 3.63. The van der Waals surface area contributed by atoms with Crippen LogP contribution in [0.15, 0.2) is 12.1 Å². The van der Waals surface area contributed by atoms with Crippen molar-refractivity contribution in [1.29, 1.82) is 0 Å². The molecule has 1 aromatic heterocycles. The lowest BCUT2D eigenvalue weighted by Gasteiger charge is -2.13. The van der Waals surface area contributed by atoms with Crippen molar-refractivity contribution in [3.05, 3.63) is 21.9 Å². The van der Waals surface area contributed by atoms with Gasteiger partial charge in [0.25, 0.3) is 0 Å². The van der Waals surface area contributed by atoms with E-state index in [0.717, 1.165) is 24.1 Å². The molecule has 6 heteroatoms. The van der Waals surface area contributed by atoms with Crippen LogP contribution >= 0.6 is 11.3 Å². The number of amides is 2. The van der Waals surface area contributed by atoms with E-state index in [-0.39, 0.29) is 18.5 Å². The number of aliphatic carboxylic acids is 1. The number of thiophene rings is 1. The molecule has 0 aliphatic heterocycles. The number of unbranched alkanes of at least 4 members (excludes halogenated alkanes) is 3. The summed E-state index contributed by atoms with van der Waals surface area (Å²) in [5.41, 5.74) is 0. The van der Waals surface area contributed by atoms with E-state index in [1.54, 1.807) is 11.3 Å². The SMILES string of the molecule is Cc1ccc(C(C)NC(=O)NCCCCCCC(=O)O)s1. The number of aryl methyl sites for hydroxylation is 1. The van der Waals surface area contributed by atoms with Crippen LogP contribution in [0, 0.1) is 6.92 Å². The van der Waals surface area contributed by atoms with Gasteiger partial charge in [-0.2, -0.15) is 0 Å². The predicted octanol–water partition coefficient (Wildman–Crippen LogP) is 3.45. The summed E-state index contributed by atoms with van der Waals surface area (Å²) in [7, 11) is 0. The fourth-order valence-corrected chi connectivity index (χ4v) is 2.84. The molecule has 0 saturated carbocycles. The summed E-state index contributed by atoms with van der Waals surface area (Å²) in [5, 5.41) is 14.2. The molecule has 1 aromatic rings. The highest BCUT2D eigenvalue weighted by Crippen LogP contribution is 2.21. The van der Waals surface area contributed by atoms with E-state index in [0.29, 0.717) is 13.0 Å². The second kappa shape index (κ2) is 9.39. The van der Waals surface area contributed by atoms with Gasteiger partial charge in [0.2, 0.25) is 0 Å². The third-order valence-electron chi connectivity index (χ3n) is 3.14.